The van der Waals surface area contributed by atoms with E-state index in [9.17, 15) is 0 Å². The third-order valence-corrected chi connectivity index (χ3v) is 3.38. The van der Waals surface area contributed by atoms with Crippen LogP contribution in [0.3, 0.4) is 0 Å². The van der Waals surface area contributed by atoms with Gasteiger partial charge in [0.25, 0.3) is 0 Å². The summed E-state index contributed by atoms with van der Waals surface area (Å²) in [5, 5.41) is 0. The molecule has 1 rings (SSSR count). The first kappa shape index (κ1) is 18.1. The predicted molar refractivity (Wildman–Crippen MR) is 102 cm³/mol. The zero-order valence-electron chi connectivity index (χ0n) is 14.0. The van der Waals surface area contributed by atoms with Crippen LogP contribution in [0.25, 0.3) is 5.70 Å². The Balaban J connectivity index is 3.07. The summed E-state index contributed by atoms with van der Waals surface area (Å²) >= 11 is 0. The van der Waals surface area contributed by atoms with Gasteiger partial charge in [-0.15, -0.1) is 0 Å². The molecular weight excluding hydrogens is 267 g/mol. The van der Waals surface area contributed by atoms with Gasteiger partial charge in [0.15, 0.2) is 0 Å². The van der Waals surface area contributed by atoms with Gasteiger partial charge in [-0.05, 0) is 0 Å². The van der Waals surface area contributed by atoms with E-state index in [1.165, 1.54) is 5.57 Å². The van der Waals surface area contributed by atoms with Crippen LogP contribution in [0, 0.1) is 0 Å². The Kier molecular flexibility index (Phi) is 8.09. The van der Waals surface area contributed by atoms with Crippen LogP contribution in [0.2, 0.25) is 6.82 Å². The van der Waals surface area contributed by atoms with Gasteiger partial charge < -0.3 is 0 Å². The molecule has 1 aromatic carbocycles. The van der Waals surface area contributed by atoms with E-state index >= 15 is 0 Å². The van der Waals surface area contributed by atoms with E-state index in [4.69, 9.17) is 5.73 Å². The van der Waals surface area contributed by atoms with Gasteiger partial charge >= 0.3 is 134 Å². The second kappa shape index (κ2) is 9.85. The van der Waals surface area contributed by atoms with Gasteiger partial charge in [0.2, 0.25) is 0 Å². The number of hydrogen-bond acceptors (Lipinski definition) is 2. The van der Waals surface area contributed by atoms with Gasteiger partial charge in [-0.2, -0.15) is 0 Å². The van der Waals surface area contributed by atoms with Crippen LogP contribution in [0.15, 0.2) is 58.6 Å². The molecule has 114 valence electrons. The van der Waals surface area contributed by atoms with Crippen molar-refractivity contribution in [2.24, 2.45) is 10.7 Å². The van der Waals surface area contributed by atoms with Crippen LogP contribution in [0.5, 0.6) is 0 Å². The molecule has 0 unspecified atom stereocenters. The number of aliphatic imine (C=N–C) groups is 1. The molecule has 2 N–H and O–H groups in total. The van der Waals surface area contributed by atoms with Crippen molar-refractivity contribution in [3.63, 3.8) is 0 Å². The molecule has 0 bridgehead atoms. The van der Waals surface area contributed by atoms with Gasteiger partial charge in [0.05, 0.1) is 0 Å². The minimum absolute atomic E-state index is 0.540. The Morgan fingerprint density at radius 1 is 1.14 bits per heavy atom. The molecule has 0 amide bonds. The van der Waals surface area contributed by atoms with E-state index in [0.29, 0.717) is 6.54 Å². The molecule has 0 fully saturated rings. The number of allylic oxidation sites excluding steroid dienone is 5. The van der Waals surface area contributed by atoms with E-state index in [0.717, 1.165) is 22.4 Å². The van der Waals surface area contributed by atoms with Crippen molar-refractivity contribution < 1.29 is 0 Å². The van der Waals surface area contributed by atoms with Crippen molar-refractivity contribution in [1.82, 2.24) is 0 Å². The van der Waals surface area contributed by atoms with E-state index < -0.39 is 0 Å². The first-order valence-corrected chi connectivity index (χ1v) is 7.65. The van der Waals surface area contributed by atoms with E-state index in [1.807, 2.05) is 58.9 Å². The summed E-state index contributed by atoms with van der Waals surface area (Å²) in [4.78, 5) is 4.66. The number of nitrogens with two attached hydrogens (primary N) is 1. The Hall–Kier alpha value is -2.00. The molecule has 0 heterocycles. The van der Waals surface area contributed by atoms with Gasteiger partial charge in [0.1, 0.15) is 0 Å². The van der Waals surface area contributed by atoms with Gasteiger partial charge in [-0.1, -0.05) is 0 Å². The SMILES string of the molecule is CB=CC(=CC)C(=C/C)/C=N/C(=C/C)c1cccc(CN)c1. The standard InChI is InChI=1S/C19H25BN2/c1-5-16(12-20-4)17(6-2)14-22-19(7-3)18-10-8-9-15(11-18)13-21/h5-12,14H,13,21H2,1-4H3/b16-5?,17-6+,19-7+,22-14+. The maximum atomic E-state index is 5.71. The van der Waals surface area contributed by atoms with Gasteiger partial charge in [-0.25, -0.2) is 0 Å². The normalized spacial score (nSPS) is 14.0. The van der Waals surface area contributed by atoms with Crippen LogP contribution < -0.4 is 5.73 Å². The first-order valence-electron chi connectivity index (χ1n) is 7.65. The van der Waals surface area contributed by atoms with Crippen molar-refractivity contribution >= 4 is 24.8 Å². The zero-order valence-corrected chi connectivity index (χ0v) is 14.0. The van der Waals surface area contributed by atoms with Crippen LogP contribution in [0.1, 0.15) is 31.9 Å². The molecule has 2 nitrogen and oxygen atoms in total. The van der Waals surface area contributed by atoms with E-state index in [2.05, 4.69) is 35.2 Å². The molecule has 0 saturated heterocycles. The number of benzene rings is 1. The zero-order chi connectivity index (χ0) is 16.4. The monoisotopic (exact) mass is 292 g/mol. The van der Waals surface area contributed by atoms with Gasteiger partial charge in [0, 0.05) is 0 Å². The molecule has 0 aliphatic heterocycles. The number of nitrogens with zero attached hydrogens (tertiary/aromatic N) is 1. The fourth-order valence-electron chi connectivity index (χ4n) is 2.17. The average Bonchev–Trinajstić information content (AvgIpc) is 2.57. The second-order valence-corrected chi connectivity index (χ2v) is 4.82. The summed E-state index contributed by atoms with van der Waals surface area (Å²) in [5.74, 6) is 2.09. The third kappa shape index (κ3) is 5.08. The van der Waals surface area contributed by atoms with Crippen molar-refractivity contribution in [3.05, 3.63) is 64.8 Å². The summed E-state index contributed by atoms with van der Waals surface area (Å²) < 4.78 is 0. The number of hydrogen-bond donors (Lipinski definition) is 1. The molecule has 0 aliphatic carbocycles. The fraction of sp³-hybridized carbons (Fsp3) is 0.263. The Labute approximate surface area is 135 Å². The summed E-state index contributed by atoms with van der Waals surface area (Å²) in [5.41, 5.74) is 11.1. The summed E-state index contributed by atoms with van der Waals surface area (Å²) in [7, 11) is 0. The van der Waals surface area contributed by atoms with E-state index in [-0.39, 0.29) is 0 Å². The molecule has 0 radical (unpaired) electrons. The van der Waals surface area contributed by atoms with Crippen molar-refractivity contribution in [3.8, 4) is 0 Å². The topological polar surface area (TPSA) is 38.4 Å². The summed E-state index contributed by atoms with van der Waals surface area (Å²) in [6.07, 6.45) is 8.10. The molecular formula is C19H25BN2. The van der Waals surface area contributed by atoms with Gasteiger partial charge in [-0.3, -0.25) is 0 Å². The quantitative estimate of drug-likeness (QED) is 0.480. The average molecular weight is 292 g/mol. The van der Waals surface area contributed by atoms with E-state index in [1.54, 1.807) is 0 Å². The Bertz CT molecular complexity index is 635. The minimum atomic E-state index is 0.540. The van der Waals surface area contributed by atoms with Crippen molar-refractivity contribution in [1.29, 1.82) is 0 Å². The van der Waals surface area contributed by atoms with Crippen LogP contribution in [0.4, 0.5) is 0 Å². The molecule has 1 aromatic rings. The third-order valence-electron chi connectivity index (χ3n) is 3.38. The van der Waals surface area contributed by atoms with Crippen LogP contribution in [-0.4, -0.2) is 19.1 Å². The first-order chi connectivity index (χ1) is 10.7. The van der Waals surface area contributed by atoms with Crippen LogP contribution in [-0.2, 0) is 6.54 Å². The summed E-state index contributed by atoms with van der Waals surface area (Å²) in [6, 6.07) is 8.19. The van der Waals surface area contributed by atoms with Crippen molar-refractivity contribution in [2.45, 2.75) is 34.1 Å². The van der Waals surface area contributed by atoms with Crippen LogP contribution >= 0.6 is 0 Å². The molecule has 0 saturated carbocycles. The summed E-state index contributed by atoms with van der Waals surface area (Å²) in [6.45, 7) is 10.7. The molecule has 3 heteroatoms. The Morgan fingerprint density at radius 2 is 1.86 bits per heavy atom. The number of rotatable bonds is 6. The molecule has 0 atom stereocenters. The molecule has 22 heavy (non-hydrogen) atoms. The van der Waals surface area contributed by atoms with Crippen molar-refractivity contribution in [2.75, 3.05) is 0 Å². The predicted octanol–water partition coefficient (Wildman–Crippen LogP) is 4.02. The maximum absolute atomic E-state index is 5.71. The molecule has 0 aliphatic rings. The molecule has 0 spiro atoms. The second-order valence-electron chi connectivity index (χ2n) is 4.82. The molecule has 0 aromatic heterocycles. The fourth-order valence-corrected chi connectivity index (χ4v) is 2.17. The Morgan fingerprint density at radius 3 is 2.41 bits per heavy atom.